The van der Waals surface area contributed by atoms with Gasteiger partial charge in [0.25, 0.3) is 0 Å². The third-order valence-electron chi connectivity index (χ3n) is 2.61. The van der Waals surface area contributed by atoms with Crippen molar-refractivity contribution < 1.29 is 0 Å². The van der Waals surface area contributed by atoms with Crippen LogP contribution in [-0.4, -0.2) is 10.7 Å². The Morgan fingerprint density at radius 3 is 2.62 bits per heavy atom. The van der Waals surface area contributed by atoms with Gasteiger partial charge in [-0.3, -0.25) is 0 Å². The monoisotopic (exact) mass is 300 g/mol. The minimum Gasteiger partial charge on any atom is -0.127 e. The molecule has 0 saturated heterocycles. The van der Waals surface area contributed by atoms with Crippen LogP contribution in [0.1, 0.15) is 25.3 Å². The molecule has 0 aromatic heterocycles. The lowest BCUT2D eigenvalue weighted by atomic mass is 10.0. The van der Waals surface area contributed by atoms with E-state index in [4.69, 9.17) is 11.6 Å². The van der Waals surface area contributed by atoms with Crippen molar-refractivity contribution >= 4 is 33.6 Å². The van der Waals surface area contributed by atoms with Crippen LogP contribution in [0.25, 0.3) is 6.08 Å². The Bertz CT molecular complexity index is 308. The standard InChI is InChI=1S/C14H18BrCl/c1-12(6-5-11-16)14(15)10-9-13-7-3-2-4-8-13/h2-4,7-10,12,14H,5-6,11H2,1H3/b10-9+. The number of rotatable bonds is 6. The molecular weight excluding hydrogens is 284 g/mol. The van der Waals surface area contributed by atoms with E-state index < -0.39 is 0 Å². The molecule has 2 heteroatoms. The number of allylic oxidation sites excluding steroid dienone is 1. The van der Waals surface area contributed by atoms with E-state index in [-0.39, 0.29) is 0 Å². The van der Waals surface area contributed by atoms with Crippen LogP contribution in [-0.2, 0) is 0 Å². The molecule has 0 radical (unpaired) electrons. The van der Waals surface area contributed by atoms with Crippen molar-refractivity contribution in [2.75, 3.05) is 5.88 Å². The van der Waals surface area contributed by atoms with Gasteiger partial charge < -0.3 is 0 Å². The molecule has 2 unspecified atom stereocenters. The summed E-state index contributed by atoms with van der Waals surface area (Å²) in [5.74, 6) is 1.38. The summed E-state index contributed by atoms with van der Waals surface area (Å²) in [6.07, 6.45) is 6.63. The molecule has 0 aliphatic carbocycles. The Hall–Kier alpha value is -0.270. The molecule has 2 atom stereocenters. The van der Waals surface area contributed by atoms with Crippen molar-refractivity contribution in [3.05, 3.63) is 42.0 Å². The molecule has 0 aliphatic heterocycles. The summed E-state index contributed by atoms with van der Waals surface area (Å²) in [7, 11) is 0. The highest BCUT2D eigenvalue weighted by Crippen LogP contribution is 2.20. The van der Waals surface area contributed by atoms with Gasteiger partial charge in [-0.1, -0.05) is 65.3 Å². The van der Waals surface area contributed by atoms with Crippen LogP contribution in [0, 0.1) is 5.92 Å². The van der Waals surface area contributed by atoms with Crippen LogP contribution < -0.4 is 0 Å². The minimum atomic E-state index is 0.427. The molecule has 0 N–H and O–H groups in total. The van der Waals surface area contributed by atoms with Crippen molar-refractivity contribution in [3.8, 4) is 0 Å². The van der Waals surface area contributed by atoms with Gasteiger partial charge in [0.1, 0.15) is 0 Å². The second kappa shape index (κ2) is 7.92. The summed E-state index contributed by atoms with van der Waals surface area (Å²) >= 11 is 9.39. The van der Waals surface area contributed by atoms with E-state index >= 15 is 0 Å². The molecule has 0 saturated carbocycles. The van der Waals surface area contributed by atoms with E-state index in [2.05, 4.69) is 59.3 Å². The van der Waals surface area contributed by atoms with Crippen molar-refractivity contribution in [3.63, 3.8) is 0 Å². The maximum absolute atomic E-state index is 5.69. The predicted octanol–water partition coefficient (Wildman–Crippen LogP) is 5.12. The Balaban J connectivity index is 2.44. The maximum atomic E-state index is 5.69. The number of alkyl halides is 2. The number of halogens is 2. The summed E-state index contributed by atoms with van der Waals surface area (Å²) in [6.45, 7) is 2.25. The van der Waals surface area contributed by atoms with E-state index in [1.54, 1.807) is 0 Å². The summed E-state index contributed by atoms with van der Waals surface area (Å²) in [4.78, 5) is 0.427. The van der Waals surface area contributed by atoms with Gasteiger partial charge in [0.15, 0.2) is 0 Å². The SMILES string of the molecule is CC(CCCCl)C(Br)/C=C/c1ccccc1. The van der Waals surface area contributed by atoms with Crippen LogP contribution in [0.2, 0.25) is 0 Å². The highest BCUT2D eigenvalue weighted by atomic mass is 79.9. The highest BCUT2D eigenvalue weighted by molar-refractivity contribution is 9.09. The molecule has 0 bridgehead atoms. The summed E-state index contributed by atoms with van der Waals surface area (Å²) in [5.41, 5.74) is 1.25. The molecule has 88 valence electrons. The van der Waals surface area contributed by atoms with Crippen LogP contribution in [0.5, 0.6) is 0 Å². The largest absolute Gasteiger partial charge is 0.127 e. The zero-order chi connectivity index (χ0) is 11.8. The molecule has 1 aromatic carbocycles. The second-order valence-electron chi connectivity index (χ2n) is 4.02. The van der Waals surface area contributed by atoms with Crippen molar-refractivity contribution in [2.24, 2.45) is 5.92 Å². The van der Waals surface area contributed by atoms with Gasteiger partial charge in [-0.05, 0) is 24.3 Å². The molecule has 1 aromatic rings. The average molecular weight is 302 g/mol. The van der Waals surface area contributed by atoms with Gasteiger partial charge in [0.05, 0.1) is 0 Å². The van der Waals surface area contributed by atoms with E-state index in [1.165, 1.54) is 12.0 Å². The third kappa shape index (κ3) is 5.18. The molecule has 0 amide bonds. The number of hydrogen-bond acceptors (Lipinski definition) is 0. The van der Waals surface area contributed by atoms with Gasteiger partial charge in [0, 0.05) is 10.7 Å². The van der Waals surface area contributed by atoms with Gasteiger partial charge in [-0.2, -0.15) is 0 Å². The van der Waals surface area contributed by atoms with Gasteiger partial charge in [-0.15, -0.1) is 11.6 Å². The summed E-state index contributed by atoms with van der Waals surface area (Å²) in [6, 6.07) is 10.4. The smallest absolute Gasteiger partial charge is 0.0354 e. The van der Waals surface area contributed by atoms with Gasteiger partial charge >= 0.3 is 0 Å². The first-order valence-corrected chi connectivity index (χ1v) is 7.12. The fourth-order valence-electron chi connectivity index (χ4n) is 1.52. The van der Waals surface area contributed by atoms with E-state index in [9.17, 15) is 0 Å². The molecule has 16 heavy (non-hydrogen) atoms. The van der Waals surface area contributed by atoms with E-state index in [1.807, 2.05) is 6.07 Å². The van der Waals surface area contributed by atoms with Crippen LogP contribution in [0.3, 0.4) is 0 Å². The Morgan fingerprint density at radius 1 is 1.31 bits per heavy atom. The Labute approximate surface area is 112 Å². The summed E-state index contributed by atoms with van der Waals surface area (Å²) in [5, 5.41) is 0. The lowest BCUT2D eigenvalue weighted by Gasteiger charge is -2.13. The molecule has 0 heterocycles. The highest BCUT2D eigenvalue weighted by Gasteiger charge is 2.09. The molecule has 1 rings (SSSR count). The first kappa shape index (κ1) is 13.8. The van der Waals surface area contributed by atoms with E-state index in [0.29, 0.717) is 10.7 Å². The first-order chi connectivity index (χ1) is 7.74. The van der Waals surface area contributed by atoms with Crippen LogP contribution in [0.4, 0.5) is 0 Å². The van der Waals surface area contributed by atoms with Gasteiger partial charge in [0.2, 0.25) is 0 Å². The minimum absolute atomic E-state index is 0.427. The molecule has 0 aliphatic rings. The van der Waals surface area contributed by atoms with Crippen LogP contribution in [0.15, 0.2) is 36.4 Å². The molecule has 0 spiro atoms. The molecule has 0 nitrogen and oxygen atoms in total. The van der Waals surface area contributed by atoms with Crippen LogP contribution >= 0.6 is 27.5 Å². The Morgan fingerprint density at radius 2 is 2.00 bits per heavy atom. The fraction of sp³-hybridized carbons (Fsp3) is 0.429. The van der Waals surface area contributed by atoms with Crippen molar-refractivity contribution in [1.29, 1.82) is 0 Å². The van der Waals surface area contributed by atoms with Gasteiger partial charge in [-0.25, -0.2) is 0 Å². The number of hydrogen-bond donors (Lipinski definition) is 0. The summed E-state index contributed by atoms with van der Waals surface area (Å²) < 4.78 is 0. The molecular formula is C14H18BrCl. The normalized spacial score (nSPS) is 15.2. The lowest BCUT2D eigenvalue weighted by molar-refractivity contribution is 0.549. The average Bonchev–Trinajstić information content (AvgIpc) is 2.34. The second-order valence-corrected chi connectivity index (χ2v) is 5.46. The zero-order valence-corrected chi connectivity index (χ0v) is 11.9. The third-order valence-corrected chi connectivity index (χ3v) is 4.08. The van der Waals surface area contributed by atoms with E-state index in [0.717, 1.165) is 12.3 Å². The predicted molar refractivity (Wildman–Crippen MR) is 77.3 cm³/mol. The lowest BCUT2D eigenvalue weighted by Crippen LogP contribution is -2.07. The Kier molecular flexibility index (Phi) is 6.82. The topological polar surface area (TPSA) is 0 Å². The quantitative estimate of drug-likeness (QED) is 0.640. The van der Waals surface area contributed by atoms with Crippen molar-refractivity contribution in [1.82, 2.24) is 0 Å². The van der Waals surface area contributed by atoms with Crippen molar-refractivity contribution in [2.45, 2.75) is 24.6 Å². The maximum Gasteiger partial charge on any atom is 0.0354 e. The number of benzene rings is 1. The molecule has 0 fully saturated rings. The fourth-order valence-corrected chi connectivity index (χ4v) is 2.09. The first-order valence-electron chi connectivity index (χ1n) is 5.67. The zero-order valence-electron chi connectivity index (χ0n) is 9.57.